The van der Waals surface area contributed by atoms with Gasteiger partial charge in [-0.15, -0.1) is 12.4 Å². The summed E-state index contributed by atoms with van der Waals surface area (Å²) < 4.78 is 24.8. The van der Waals surface area contributed by atoms with Gasteiger partial charge in [-0.05, 0) is 88.6 Å². The quantitative estimate of drug-likeness (QED) is 0.597. The zero-order valence-corrected chi connectivity index (χ0v) is 21.4. The van der Waals surface area contributed by atoms with E-state index >= 15 is 0 Å². The Labute approximate surface area is 200 Å². The molecule has 32 heavy (non-hydrogen) atoms. The largest absolute Gasteiger partial charge is 0.308 e. The second-order valence-electron chi connectivity index (χ2n) is 10.4. The van der Waals surface area contributed by atoms with E-state index in [4.69, 9.17) is 4.98 Å². The van der Waals surface area contributed by atoms with Crippen molar-refractivity contribution in [2.75, 3.05) is 38.3 Å². The van der Waals surface area contributed by atoms with Gasteiger partial charge in [0.25, 0.3) is 0 Å². The molecule has 1 heterocycles. The molecule has 2 aromatic rings. The fraction of sp³-hybridized carbons (Fsp3) is 0.652. The molecule has 4 aliphatic rings. The maximum atomic E-state index is 14.1. The van der Waals surface area contributed by atoms with Crippen LogP contribution in [0.4, 0.5) is 5.13 Å². The molecule has 1 amide bonds. The highest BCUT2D eigenvalue weighted by Crippen LogP contribution is 2.60. The molecule has 0 unspecified atom stereocenters. The lowest BCUT2D eigenvalue weighted by atomic mass is 9.49. The molecule has 1 aromatic carbocycles. The first kappa shape index (κ1) is 23.9. The maximum Gasteiger partial charge on any atom is 0.235 e. The van der Waals surface area contributed by atoms with Gasteiger partial charge in [0, 0.05) is 19.3 Å². The Balaban J connectivity index is 0.00000245. The van der Waals surface area contributed by atoms with Crippen molar-refractivity contribution in [2.24, 2.45) is 23.2 Å². The molecule has 1 aromatic heterocycles. The summed E-state index contributed by atoms with van der Waals surface area (Å²) in [5.41, 5.74) is 0.525. The lowest BCUT2D eigenvalue weighted by molar-refractivity contribution is -0.143. The van der Waals surface area contributed by atoms with Crippen molar-refractivity contribution in [3.05, 3.63) is 18.2 Å². The molecule has 4 aliphatic carbocycles. The van der Waals surface area contributed by atoms with Crippen LogP contribution >= 0.6 is 23.7 Å². The molecule has 4 saturated carbocycles. The van der Waals surface area contributed by atoms with Crippen molar-refractivity contribution in [1.82, 2.24) is 9.88 Å². The van der Waals surface area contributed by atoms with Gasteiger partial charge in [-0.2, -0.15) is 0 Å². The van der Waals surface area contributed by atoms with Crippen LogP contribution in [0.3, 0.4) is 0 Å². The number of hydrogen-bond donors (Lipinski definition) is 0. The van der Waals surface area contributed by atoms with E-state index in [1.807, 2.05) is 19.0 Å². The van der Waals surface area contributed by atoms with Gasteiger partial charge in [-0.3, -0.25) is 9.69 Å². The lowest BCUT2D eigenvalue weighted by Crippen LogP contribution is -2.55. The van der Waals surface area contributed by atoms with E-state index in [1.54, 1.807) is 18.2 Å². The van der Waals surface area contributed by atoms with Gasteiger partial charge in [-0.1, -0.05) is 11.3 Å². The molecule has 0 radical (unpaired) electrons. The van der Waals surface area contributed by atoms with Crippen molar-refractivity contribution in [3.63, 3.8) is 0 Å². The van der Waals surface area contributed by atoms with E-state index in [9.17, 15) is 13.2 Å². The Morgan fingerprint density at radius 1 is 1.09 bits per heavy atom. The first-order valence-corrected chi connectivity index (χ1v) is 13.9. The summed E-state index contributed by atoms with van der Waals surface area (Å²) in [4.78, 5) is 23.2. The fourth-order valence-electron chi connectivity index (χ4n) is 6.48. The third-order valence-corrected chi connectivity index (χ3v) is 9.67. The first-order chi connectivity index (χ1) is 14.6. The van der Waals surface area contributed by atoms with Gasteiger partial charge in [0.15, 0.2) is 15.0 Å². The minimum Gasteiger partial charge on any atom is -0.308 e. The predicted molar refractivity (Wildman–Crippen MR) is 131 cm³/mol. The number of carbonyl (C=O) groups excluding carboxylic acids is 1. The Bertz CT molecular complexity index is 1090. The third kappa shape index (κ3) is 4.31. The summed E-state index contributed by atoms with van der Waals surface area (Å²) >= 11 is 1.43. The van der Waals surface area contributed by atoms with Crippen molar-refractivity contribution in [1.29, 1.82) is 0 Å². The fourth-order valence-corrected chi connectivity index (χ4v) is 8.23. The van der Waals surface area contributed by atoms with Crippen molar-refractivity contribution in [2.45, 2.75) is 43.4 Å². The highest BCUT2D eigenvalue weighted by molar-refractivity contribution is 7.90. The van der Waals surface area contributed by atoms with E-state index in [0.717, 1.165) is 36.0 Å². The second kappa shape index (κ2) is 8.53. The van der Waals surface area contributed by atoms with Crippen LogP contribution < -0.4 is 4.90 Å². The molecule has 0 N–H and O–H groups in total. The van der Waals surface area contributed by atoms with Crippen LogP contribution in [-0.2, 0) is 14.6 Å². The number of likely N-dealkylation sites (N-methyl/N-ethyl adjacent to an activating group) is 1. The second-order valence-corrected chi connectivity index (χ2v) is 13.4. The molecule has 176 valence electrons. The molecule has 4 fully saturated rings. The number of benzene rings is 1. The average Bonchev–Trinajstić information content (AvgIpc) is 3.09. The summed E-state index contributed by atoms with van der Waals surface area (Å²) in [6, 6.07) is 5.04. The van der Waals surface area contributed by atoms with Crippen LogP contribution in [0.2, 0.25) is 0 Å². The first-order valence-electron chi connectivity index (χ1n) is 11.2. The van der Waals surface area contributed by atoms with Crippen molar-refractivity contribution in [3.8, 4) is 0 Å². The summed E-state index contributed by atoms with van der Waals surface area (Å²) in [5, 5.41) is 0.697. The Hall–Kier alpha value is -1.22. The molecular weight excluding hydrogens is 466 g/mol. The Morgan fingerprint density at radius 2 is 1.69 bits per heavy atom. The number of sulfone groups is 1. The summed E-state index contributed by atoms with van der Waals surface area (Å²) in [5.74, 6) is 2.37. The zero-order chi connectivity index (χ0) is 22.0. The molecule has 0 atom stereocenters. The van der Waals surface area contributed by atoms with Crippen LogP contribution in [0, 0.1) is 23.2 Å². The van der Waals surface area contributed by atoms with Crippen LogP contribution in [0.25, 0.3) is 10.2 Å². The van der Waals surface area contributed by atoms with E-state index in [2.05, 4.69) is 4.90 Å². The number of thiazole rings is 1. The molecule has 0 aliphatic heterocycles. The van der Waals surface area contributed by atoms with Gasteiger partial charge in [0.05, 0.1) is 20.5 Å². The number of amides is 1. The summed E-state index contributed by atoms with van der Waals surface area (Å²) in [6.07, 6.45) is 8.22. The maximum absolute atomic E-state index is 14.1. The zero-order valence-electron chi connectivity index (χ0n) is 18.9. The topological polar surface area (TPSA) is 70.6 Å². The minimum atomic E-state index is -3.28. The van der Waals surface area contributed by atoms with Gasteiger partial charge >= 0.3 is 0 Å². The number of nitrogens with zero attached hydrogens (tertiary/aromatic N) is 3. The van der Waals surface area contributed by atoms with Crippen molar-refractivity contribution >= 4 is 54.8 Å². The normalized spacial score (nSPS) is 28.8. The standard InChI is InChI=1S/C23H31N3O3S2.ClH/c1-25(2)6-7-26(21(27)23-12-15-8-16(13-23)10-17(9-15)14-23)22-24-19-5-4-18(31(3,28)29)11-20(19)30-22;/h4-5,11,15-17H,6-10,12-14H2,1-3H3;1H. The van der Waals surface area contributed by atoms with Gasteiger partial charge in [0.1, 0.15) is 0 Å². The minimum absolute atomic E-state index is 0. The number of halogens is 1. The van der Waals surface area contributed by atoms with Gasteiger partial charge < -0.3 is 4.90 Å². The highest BCUT2D eigenvalue weighted by atomic mass is 35.5. The predicted octanol–water partition coefficient (Wildman–Crippen LogP) is 4.23. The SMILES string of the molecule is CN(C)CCN(C(=O)C12CC3CC(CC(C3)C1)C2)c1nc2ccc(S(C)(=O)=O)cc2s1.Cl. The number of aromatic nitrogens is 1. The third-order valence-electron chi connectivity index (χ3n) is 7.52. The van der Waals surface area contributed by atoms with Crippen LogP contribution in [-0.4, -0.2) is 57.6 Å². The van der Waals surface area contributed by atoms with E-state index < -0.39 is 9.84 Å². The molecule has 6 rings (SSSR count). The molecule has 9 heteroatoms. The number of hydrogen-bond acceptors (Lipinski definition) is 6. The monoisotopic (exact) mass is 497 g/mol. The van der Waals surface area contributed by atoms with Crippen molar-refractivity contribution < 1.29 is 13.2 Å². The number of carbonyl (C=O) groups is 1. The molecule has 4 bridgehead atoms. The average molecular weight is 498 g/mol. The lowest BCUT2D eigenvalue weighted by Gasteiger charge is -2.56. The van der Waals surface area contributed by atoms with Crippen LogP contribution in [0.1, 0.15) is 38.5 Å². The van der Waals surface area contributed by atoms with E-state index in [1.165, 1.54) is 36.9 Å². The van der Waals surface area contributed by atoms with E-state index in [-0.39, 0.29) is 23.7 Å². The number of fused-ring (bicyclic) bond motifs is 1. The van der Waals surface area contributed by atoms with Gasteiger partial charge in [0.2, 0.25) is 5.91 Å². The summed E-state index contributed by atoms with van der Waals surface area (Å²) in [7, 11) is 0.754. The van der Waals surface area contributed by atoms with Crippen LogP contribution in [0.5, 0.6) is 0 Å². The Morgan fingerprint density at radius 3 is 2.22 bits per heavy atom. The molecule has 6 nitrogen and oxygen atoms in total. The smallest absolute Gasteiger partial charge is 0.235 e. The van der Waals surface area contributed by atoms with E-state index in [0.29, 0.717) is 34.3 Å². The number of rotatable bonds is 6. The molecular formula is C23H32ClN3O3S2. The molecule has 0 saturated heterocycles. The van der Waals surface area contributed by atoms with Gasteiger partial charge in [-0.25, -0.2) is 13.4 Å². The Kier molecular flexibility index (Phi) is 6.38. The summed E-state index contributed by atoms with van der Waals surface area (Å²) in [6.45, 7) is 1.37. The highest BCUT2D eigenvalue weighted by Gasteiger charge is 2.56. The molecule has 0 spiro atoms. The van der Waals surface area contributed by atoms with Crippen LogP contribution in [0.15, 0.2) is 23.1 Å². The number of anilines is 1.